The van der Waals surface area contributed by atoms with E-state index in [-0.39, 0.29) is 173 Å². The van der Waals surface area contributed by atoms with Crippen LogP contribution in [0.1, 0.15) is 153 Å². The molecule has 118 heavy (non-hydrogen) atoms. The van der Waals surface area contributed by atoms with Crippen LogP contribution in [0.15, 0.2) is 128 Å². The first kappa shape index (κ1) is 84.9. The molecule has 5 atom stereocenters. The number of aromatic nitrogens is 3. The van der Waals surface area contributed by atoms with Gasteiger partial charge in [0.1, 0.15) is 23.8 Å². The number of benzene rings is 6. The van der Waals surface area contributed by atoms with Crippen molar-refractivity contribution in [1.82, 2.24) is 35.4 Å². The van der Waals surface area contributed by atoms with Gasteiger partial charge in [0, 0.05) is 98.6 Å². The van der Waals surface area contributed by atoms with Crippen LogP contribution < -0.4 is 44.1 Å². The number of hydrogen-bond donors (Lipinski definition) is 3. The number of amides is 6. The number of ether oxygens (including phenoxy) is 10. The Labute approximate surface area is 687 Å². The minimum Gasteiger partial charge on any atom is -0.497 e. The van der Waals surface area contributed by atoms with Crippen LogP contribution in [0.2, 0.25) is 0 Å². The molecule has 13 rings (SSSR count). The molecule has 1 saturated carbocycles. The molecular formula is C90H107N9O19. The van der Waals surface area contributed by atoms with Crippen LogP contribution in [0.5, 0.6) is 28.7 Å². The van der Waals surface area contributed by atoms with E-state index in [0.29, 0.717) is 80.4 Å². The first-order valence-corrected chi connectivity index (χ1v) is 40.9. The molecule has 0 radical (unpaired) electrons. The summed E-state index contributed by atoms with van der Waals surface area (Å²) in [7, 11) is 4.63. The van der Waals surface area contributed by atoms with Crippen LogP contribution in [0.4, 0.5) is 16.2 Å². The summed E-state index contributed by atoms with van der Waals surface area (Å²) in [6.07, 6.45) is 4.73. The summed E-state index contributed by atoms with van der Waals surface area (Å²) in [6, 6.07) is 35.6. The van der Waals surface area contributed by atoms with E-state index in [1.54, 1.807) is 54.2 Å². The van der Waals surface area contributed by atoms with Gasteiger partial charge in [-0.3, -0.25) is 33.6 Å². The van der Waals surface area contributed by atoms with Crippen molar-refractivity contribution in [3.05, 3.63) is 166 Å². The highest BCUT2D eigenvalue weighted by Crippen LogP contribution is 2.57. The van der Waals surface area contributed by atoms with E-state index in [1.807, 2.05) is 122 Å². The number of aliphatic hydroxyl groups is 1. The average molecular weight is 1620 g/mol. The topological polar surface area (TPSA) is 317 Å². The van der Waals surface area contributed by atoms with Crippen molar-refractivity contribution < 1.29 is 90.8 Å². The molecule has 0 bridgehead atoms. The Morgan fingerprint density at radius 1 is 0.644 bits per heavy atom. The molecule has 6 aliphatic rings. The van der Waals surface area contributed by atoms with E-state index in [2.05, 4.69) is 20.9 Å². The van der Waals surface area contributed by atoms with Gasteiger partial charge in [0.2, 0.25) is 17.7 Å². The number of methoxy groups -OCH3 is 3. The summed E-state index contributed by atoms with van der Waals surface area (Å²) in [5.41, 5.74) is 10.0. The Morgan fingerprint density at radius 3 is 1.96 bits per heavy atom. The Morgan fingerprint density at radius 2 is 1.29 bits per heavy atom. The number of nitrogens with zero attached hydrogens (tertiary/aromatic N) is 7. The smallest absolute Gasteiger partial charge is 0.416 e. The van der Waals surface area contributed by atoms with Gasteiger partial charge < -0.3 is 77.8 Å². The van der Waals surface area contributed by atoms with Gasteiger partial charge in [0.05, 0.1) is 129 Å². The molecule has 1 aliphatic carbocycles. The largest absolute Gasteiger partial charge is 0.497 e. The highest BCUT2D eigenvalue weighted by molar-refractivity contribution is 6.06. The molecule has 28 heteroatoms. The fraction of sp³-hybridized carbons (Fsp3) is 0.467. The third-order valence-electron chi connectivity index (χ3n) is 22.9. The quantitative estimate of drug-likeness (QED) is 0.0301. The maximum absolute atomic E-state index is 14.5. The first-order valence-electron chi connectivity index (χ1n) is 40.9. The number of Topliss-reactive ketones (excluding diaryl/α,β-unsaturated/α-hetero) is 2. The van der Waals surface area contributed by atoms with Gasteiger partial charge in [-0.1, -0.05) is 97.9 Å². The highest BCUT2D eigenvalue weighted by Gasteiger charge is 2.58. The second-order valence-electron chi connectivity index (χ2n) is 31.6. The summed E-state index contributed by atoms with van der Waals surface area (Å²) in [4.78, 5) is 117. The number of aryl methyl sites for hydroxylation is 1. The van der Waals surface area contributed by atoms with Crippen LogP contribution in [-0.2, 0) is 73.7 Å². The van der Waals surface area contributed by atoms with Gasteiger partial charge in [0.25, 0.3) is 11.8 Å². The zero-order valence-corrected chi connectivity index (χ0v) is 68.5. The fourth-order valence-corrected chi connectivity index (χ4v) is 16.0. The maximum atomic E-state index is 14.5. The lowest BCUT2D eigenvalue weighted by Crippen LogP contribution is -2.50. The van der Waals surface area contributed by atoms with Gasteiger partial charge in [-0.05, 0) is 140 Å². The predicted molar refractivity (Wildman–Crippen MR) is 439 cm³/mol. The molecule has 626 valence electrons. The number of aliphatic hydroxyl groups excluding tert-OH is 1. The van der Waals surface area contributed by atoms with Crippen LogP contribution in [0.25, 0.3) is 28.1 Å². The normalized spacial score (nSPS) is 17.3. The van der Waals surface area contributed by atoms with Gasteiger partial charge in [-0.15, -0.1) is 5.10 Å². The molecule has 7 aromatic rings. The molecule has 3 N–H and O–H groups in total. The van der Waals surface area contributed by atoms with Crippen LogP contribution in [0, 0.1) is 17.3 Å². The molecular weight excluding hydrogens is 1510 g/mol. The highest BCUT2D eigenvalue weighted by atomic mass is 16.6. The Balaban J connectivity index is 0.498. The molecule has 5 aliphatic heterocycles. The van der Waals surface area contributed by atoms with Crippen LogP contribution in [-0.4, -0.2) is 202 Å². The van der Waals surface area contributed by atoms with Crippen molar-refractivity contribution in [3.8, 4) is 51.3 Å². The third-order valence-corrected chi connectivity index (χ3v) is 22.9. The molecule has 28 nitrogen and oxygen atoms in total. The van der Waals surface area contributed by atoms with Crippen LogP contribution in [0.3, 0.4) is 0 Å². The summed E-state index contributed by atoms with van der Waals surface area (Å²) < 4.78 is 59.8. The summed E-state index contributed by atoms with van der Waals surface area (Å²) in [5.74, 6) is -0.355. The summed E-state index contributed by atoms with van der Waals surface area (Å²) in [5, 5.41) is 27.0. The lowest BCUT2D eigenvalue weighted by atomic mass is 9.88. The van der Waals surface area contributed by atoms with E-state index in [1.165, 1.54) is 26.4 Å². The maximum Gasteiger partial charge on any atom is 0.416 e. The lowest BCUT2D eigenvalue weighted by Gasteiger charge is -2.31. The average Bonchev–Trinajstić information content (AvgIpc) is 1.56. The number of carbonyl (C=O) groups excluding carboxylic acids is 8. The molecule has 0 unspecified atom stereocenters. The van der Waals surface area contributed by atoms with Gasteiger partial charge >= 0.3 is 6.09 Å². The second kappa shape index (κ2) is 39.0. The predicted octanol–water partition coefficient (Wildman–Crippen LogP) is 11.5. The number of ketones is 2. The van der Waals surface area contributed by atoms with Crippen molar-refractivity contribution in [3.63, 3.8) is 0 Å². The zero-order chi connectivity index (χ0) is 83.2. The van der Waals surface area contributed by atoms with Crippen molar-refractivity contribution in [2.45, 2.75) is 155 Å². The van der Waals surface area contributed by atoms with Crippen molar-refractivity contribution >= 4 is 64.1 Å². The number of carbonyl (C=O) groups is 8. The fourth-order valence-electron chi connectivity index (χ4n) is 16.0. The minimum atomic E-state index is -1.47. The number of fused-ring (bicyclic) bond motifs is 9. The molecule has 2 fully saturated rings. The molecule has 6 amide bonds. The molecule has 1 spiro atoms. The van der Waals surface area contributed by atoms with E-state index in [9.17, 15) is 43.5 Å². The van der Waals surface area contributed by atoms with Gasteiger partial charge in [0.15, 0.2) is 35.0 Å². The number of nitrogens with one attached hydrogen (secondary N) is 2. The molecule has 1 saturated heterocycles. The number of anilines is 2. The Hall–Kier alpha value is -11.0. The second-order valence-corrected chi connectivity index (χ2v) is 31.6. The zero-order valence-electron chi connectivity index (χ0n) is 68.5. The third kappa shape index (κ3) is 20.0. The van der Waals surface area contributed by atoms with Crippen molar-refractivity contribution in [2.75, 3.05) is 110 Å². The molecule has 6 aromatic carbocycles. The van der Waals surface area contributed by atoms with E-state index in [4.69, 9.17) is 47.4 Å². The van der Waals surface area contributed by atoms with E-state index < -0.39 is 36.2 Å². The minimum absolute atomic E-state index is 0.00965. The number of hydrogen-bond acceptors (Lipinski definition) is 21. The SMILES string of the molecule is COc1ccc(C2=CN3C(=O)c4cc(OC)c(OCCCOc5cc6c(cc5OC)C(=O)N5CC7(CC7)C[C@H]5[C@H](O)N6C(=O)OCc5ccc(CC(=O)[C@H](C)NC(=O)[C@@H](CC(=O)CCOCCOCCOCCOCCC(=O)NCCC(=O)N6Cc7ccccc7-c7nnn(C(C)C)c7-c7ccccc76)C(C)C)cc5)cc4CC[C@@H]3C2)cc1. The van der Waals surface area contributed by atoms with Crippen molar-refractivity contribution in [1.29, 1.82) is 0 Å². The first-order chi connectivity index (χ1) is 57.1. The number of rotatable bonds is 39. The standard InChI is InChI=1S/C90H107N9O19/c1-56(2)70(47-66(100)29-36-112-38-40-114-42-43-115-41-39-113-37-30-81(102)91-33-28-82(103)96-52-63-14-9-10-15-68(63)83-84(99(57(3)4)94-93-83)69-16-11-12-17-73(69)96)85(104)92-58(5)76(101)44-59-18-20-60(21-19-59)54-118-89(108)98-74-50-80(78(111-8)49-72(74)87(106)97-55-90(31-32-90)51-75(97)88(98)107)117-35-13-34-116-79-46-62-22-25-65-45-64(61-23-26-67(109-6)27-24-61)53-95(65)86(105)71(62)48-77(79)110-7/h9-12,14-21,23-24,26-27,46,48-50,53,56-58,65,70,75,88,107H,13,22,25,28-45,47,51-52,54-55H2,1-8H3,(H,91,102)(H,92,104)/t58-,65+,70-,75-,88-/m0/s1. The monoisotopic (exact) mass is 1620 g/mol. The van der Waals surface area contributed by atoms with Crippen LogP contribution >= 0.6 is 0 Å². The number of para-hydroxylation sites is 1. The molecule has 6 heterocycles. The Bertz CT molecular complexity index is 4810. The lowest BCUT2D eigenvalue weighted by molar-refractivity contribution is -0.133. The Kier molecular flexibility index (Phi) is 28.1. The summed E-state index contributed by atoms with van der Waals surface area (Å²) >= 11 is 0. The summed E-state index contributed by atoms with van der Waals surface area (Å²) in [6.45, 7) is 12.5. The van der Waals surface area contributed by atoms with E-state index in [0.717, 1.165) is 86.8 Å². The van der Waals surface area contributed by atoms with E-state index >= 15 is 0 Å². The molecule has 1 aromatic heterocycles. The van der Waals surface area contributed by atoms with Gasteiger partial charge in [-0.25, -0.2) is 14.4 Å². The van der Waals surface area contributed by atoms with Crippen molar-refractivity contribution in [2.24, 2.45) is 17.3 Å². The van der Waals surface area contributed by atoms with Gasteiger partial charge in [-0.2, -0.15) is 0 Å².